The number of carbonyl (C=O) groups is 1. The van der Waals surface area contributed by atoms with E-state index in [0.717, 1.165) is 5.56 Å². The third-order valence-corrected chi connectivity index (χ3v) is 3.56. The molecule has 2 N–H and O–H groups in total. The number of benzene rings is 1. The Morgan fingerprint density at radius 3 is 2.71 bits per heavy atom. The Hall–Kier alpha value is -3.15. The summed E-state index contributed by atoms with van der Waals surface area (Å²) < 4.78 is 1.61. The van der Waals surface area contributed by atoms with E-state index in [1.807, 2.05) is 19.1 Å². The van der Waals surface area contributed by atoms with Crippen LogP contribution in [-0.2, 0) is 6.42 Å². The summed E-state index contributed by atoms with van der Waals surface area (Å²) in [7, 11) is 0. The van der Waals surface area contributed by atoms with Crippen LogP contribution in [0.3, 0.4) is 0 Å². The van der Waals surface area contributed by atoms with Crippen molar-refractivity contribution in [3.8, 4) is 11.6 Å². The minimum Gasteiger partial charge on any atom is -0.508 e. The molecular weight excluding hydrogens is 304 g/mol. The summed E-state index contributed by atoms with van der Waals surface area (Å²) >= 11 is 0. The number of hydrogen-bond acceptors (Lipinski definition) is 4. The number of rotatable bonds is 5. The van der Waals surface area contributed by atoms with Crippen molar-refractivity contribution in [2.75, 3.05) is 0 Å². The van der Waals surface area contributed by atoms with Gasteiger partial charge in [0.15, 0.2) is 5.82 Å². The van der Waals surface area contributed by atoms with Crippen LogP contribution in [0.4, 0.5) is 0 Å². The van der Waals surface area contributed by atoms with Crippen LogP contribution in [0.25, 0.3) is 5.82 Å². The maximum Gasteiger partial charge on any atom is 0.270 e. The molecule has 0 saturated heterocycles. The molecule has 0 saturated carbocycles. The molecule has 3 aromatic rings. The van der Waals surface area contributed by atoms with Gasteiger partial charge in [0.05, 0.1) is 0 Å². The van der Waals surface area contributed by atoms with Crippen molar-refractivity contribution in [2.24, 2.45) is 0 Å². The van der Waals surface area contributed by atoms with Crippen molar-refractivity contribution in [3.05, 3.63) is 72.2 Å². The first-order valence-corrected chi connectivity index (χ1v) is 7.67. The summed E-state index contributed by atoms with van der Waals surface area (Å²) in [5.74, 6) is 0.601. The maximum atomic E-state index is 12.4. The summed E-state index contributed by atoms with van der Waals surface area (Å²) in [6, 6.07) is 14.0. The quantitative estimate of drug-likeness (QED) is 0.755. The number of phenols is 1. The lowest BCUT2D eigenvalue weighted by Crippen LogP contribution is -2.34. The minimum atomic E-state index is -0.227. The third-order valence-electron chi connectivity index (χ3n) is 3.56. The monoisotopic (exact) mass is 322 g/mol. The normalized spacial score (nSPS) is 11.9. The van der Waals surface area contributed by atoms with Gasteiger partial charge in [0.25, 0.3) is 5.91 Å². The van der Waals surface area contributed by atoms with Crippen LogP contribution in [0.5, 0.6) is 5.75 Å². The smallest absolute Gasteiger partial charge is 0.270 e. The van der Waals surface area contributed by atoms with Gasteiger partial charge in [-0.2, -0.15) is 5.10 Å². The van der Waals surface area contributed by atoms with Gasteiger partial charge in [0, 0.05) is 18.4 Å². The molecule has 1 atom stereocenters. The molecule has 0 aliphatic carbocycles. The summed E-state index contributed by atoms with van der Waals surface area (Å²) in [6.07, 6.45) is 4.11. The topological polar surface area (TPSA) is 80.0 Å². The fourth-order valence-electron chi connectivity index (χ4n) is 2.42. The number of phenolic OH excluding ortho intramolecular Hbond substituents is 1. The van der Waals surface area contributed by atoms with E-state index in [1.165, 1.54) is 0 Å². The lowest BCUT2D eigenvalue weighted by atomic mass is 10.1. The van der Waals surface area contributed by atoms with Crippen molar-refractivity contribution >= 4 is 5.91 Å². The highest BCUT2D eigenvalue weighted by Gasteiger charge is 2.12. The van der Waals surface area contributed by atoms with Crippen molar-refractivity contribution in [3.63, 3.8) is 0 Å². The number of aromatic hydroxyl groups is 1. The Balaban J connectivity index is 1.66. The van der Waals surface area contributed by atoms with Gasteiger partial charge in [-0.05, 0) is 49.2 Å². The van der Waals surface area contributed by atoms with E-state index in [-0.39, 0.29) is 17.7 Å². The first-order valence-electron chi connectivity index (χ1n) is 7.67. The second kappa shape index (κ2) is 6.95. The zero-order chi connectivity index (χ0) is 16.9. The van der Waals surface area contributed by atoms with Gasteiger partial charge in [-0.25, -0.2) is 9.67 Å². The van der Waals surface area contributed by atoms with Crippen LogP contribution in [0, 0.1) is 0 Å². The van der Waals surface area contributed by atoms with Gasteiger partial charge in [0.1, 0.15) is 11.4 Å². The van der Waals surface area contributed by atoms with Crippen LogP contribution < -0.4 is 5.32 Å². The van der Waals surface area contributed by atoms with E-state index in [4.69, 9.17) is 0 Å². The molecular formula is C18H18N4O2. The van der Waals surface area contributed by atoms with E-state index in [9.17, 15) is 9.90 Å². The fourth-order valence-corrected chi connectivity index (χ4v) is 2.42. The SMILES string of the molecule is C[C@H](Cc1ccc(O)cc1)NC(=O)c1cccc(-n2cccn2)n1. The molecule has 6 heteroatoms. The summed E-state index contributed by atoms with van der Waals surface area (Å²) in [5, 5.41) is 16.4. The Morgan fingerprint density at radius 2 is 2.00 bits per heavy atom. The van der Waals surface area contributed by atoms with Crippen LogP contribution in [0.15, 0.2) is 60.9 Å². The summed E-state index contributed by atoms with van der Waals surface area (Å²) in [6.45, 7) is 1.93. The number of carbonyl (C=O) groups excluding carboxylic acids is 1. The Bertz CT molecular complexity index is 813. The molecule has 0 aliphatic heterocycles. The van der Waals surface area contributed by atoms with Gasteiger partial charge < -0.3 is 10.4 Å². The average Bonchev–Trinajstić information content (AvgIpc) is 3.11. The van der Waals surface area contributed by atoms with Gasteiger partial charge in [-0.3, -0.25) is 4.79 Å². The number of hydrogen-bond donors (Lipinski definition) is 2. The number of amides is 1. The zero-order valence-corrected chi connectivity index (χ0v) is 13.3. The molecule has 0 radical (unpaired) electrons. The Morgan fingerprint density at radius 1 is 1.21 bits per heavy atom. The molecule has 6 nitrogen and oxygen atoms in total. The maximum absolute atomic E-state index is 12.4. The van der Waals surface area contributed by atoms with Crippen LogP contribution in [0.2, 0.25) is 0 Å². The molecule has 0 unspecified atom stereocenters. The van der Waals surface area contributed by atoms with E-state index in [0.29, 0.717) is 17.9 Å². The summed E-state index contributed by atoms with van der Waals surface area (Å²) in [5.41, 5.74) is 1.39. The molecule has 2 heterocycles. The standard InChI is InChI=1S/C18H18N4O2/c1-13(12-14-6-8-15(23)9-7-14)20-18(24)16-4-2-5-17(21-16)22-11-3-10-19-22/h2-11,13,23H,12H2,1H3,(H,20,24)/t13-/m1/s1. The third kappa shape index (κ3) is 3.78. The van der Waals surface area contributed by atoms with Crippen molar-refractivity contribution < 1.29 is 9.90 Å². The molecule has 0 fully saturated rings. The number of pyridine rings is 1. The lowest BCUT2D eigenvalue weighted by molar-refractivity contribution is 0.0935. The van der Waals surface area contributed by atoms with Crippen molar-refractivity contribution in [1.82, 2.24) is 20.1 Å². The molecule has 2 aromatic heterocycles. The molecule has 24 heavy (non-hydrogen) atoms. The first kappa shape index (κ1) is 15.7. The fraction of sp³-hybridized carbons (Fsp3) is 0.167. The number of nitrogens with one attached hydrogen (secondary N) is 1. The number of nitrogens with zero attached hydrogens (tertiary/aromatic N) is 3. The van der Waals surface area contributed by atoms with E-state index >= 15 is 0 Å². The molecule has 1 aromatic carbocycles. The molecule has 1 amide bonds. The predicted octanol–water partition coefficient (Wildman–Crippen LogP) is 2.33. The van der Waals surface area contributed by atoms with Crippen LogP contribution in [0.1, 0.15) is 23.0 Å². The highest BCUT2D eigenvalue weighted by Crippen LogP contribution is 2.11. The van der Waals surface area contributed by atoms with E-state index in [2.05, 4.69) is 15.4 Å². The molecule has 3 rings (SSSR count). The highest BCUT2D eigenvalue weighted by molar-refractivity contribution is 5.92. The Labute approximate surface area is 139 Å². The van der Waals surface area contributed by atoms with Gasteiger partial charge in [-0.15, -0.1) is 0 Å². The van der Waals surface area contributed by atoms with E-state index < -0.39 is 0 Å². The lowest BCUT2D eigenvalue weighted by Gasteiger charge is -2.14. The van der Waals surface area contributed by atoms with Gasteiger partial charge in [0.2, 0.25) is 0 Å². The van der Waals surface area contributed by atoms with Gasteiger partial charge >= 0.3 is 0 Å². The summed E-state index contributed by atoms with van der Waals surface area (Å²) in [4.78, 5) is 16.7. The predicted molar refractivity (Wildman–Crippen MR) is 90.1 cm³/mol. The molecule has 122 valence electrons. The molecule has 0 bridgehead atoms. The first-order chi connectivity index (χ1) is 11.6. The largest absolute Gasteiger partial charge is 0.508 e. The highest BCUT2D eigenvalue weighted by atomic mass is 16.3. The zero-order valence-electron chi connectivity index (χ0n) is 13.3. The second-order valence-corrected chi connectivity index (χ2v) is 5.58. The van der Waals surface area contributed by atoms with Crippen LogP contribution in [-0.4, -0.2) is 31.8 Å². The van der Waals surface area contributed by atoms with Crippen molar-refractivity contribution in [1.29, 1.82) is 0 Å². The van der Waals surface area contributed by atoms with Gasteiger partial charge in [-0.1, -0.05) is 18.2 Å². The molecule has 0 aliphatic rings. The Kier molecular flexibility index (Phi) is 4.56. The van der Waals surface area contributed by atoms with Crippen molar-refractivity contribution in [2.45, 2.75) is 19.4 Å². The van der Waals surface area contributed by atoms with Crippen LogP contribution >= 0.6 is 0 Å². The minimum absolute atomic E-state index is 0.0581. The van der Waals surface area contributed by atoms with E-state index in [1.54, 1.807) is 53.5 Å². The number of aromatic nitrogens is 3. The second-order valence-electron chi connectivity index (χ2n) is 5.58. The molecule has 0 spiro atoms. The average molecular weight is 322 g/mol.